The quantitative estimate of drug-likeness (QED) is 0.689. The molecule has 0 radical (unpaired) electrons. The summed E-state index contributed by atoms with van der Waals surface area (Å²) < 4.78 is 0. The highest BCUT2D eigenvalue weighted by molar-refractivity contribution is 5.92. The molecular weight excluding hydrogens is 338 g/mol. The molecule has 1 unspecified atom stereocenters. The lowest BCUT2D eigenvalue weighted by atomic mass is 9.75. The van der Waals surface area contributed by atoms with Gasteiger partial charge in [0.05, 0.1) is 18.0 Å². The number of nitrogens with one attached hydrogen (secondary N) is 3. The van der Waals surface area contributed by atoms with Crippen molar-refractivity contribution in [2.45, 2.75) is 38.6 Å². The molecule has 1 heterocycles. The molecule has 1 aliphatic rings. The second-order valence-electron chi connectivity index (χ2n) is 7.47. The van der Waals surface area contributed by atoms with Gasteiger partial charge >= 0.3 is 0 Å². The van der Waals surface area contributed by atoms with Crippen molar-refractivity contribution < 1.29 is 9.59 Å². The number of amides is 2. The number of benzene rings is 2. The van der Waals surface area contributed by atoms with Gasteiger partial charge < -0.3 is 16.0 Å². The standard InChI is InChI=1S/C22H27N3O2/c1-4-13-23-14-19(26)24-16-11-9-15(10-12-16)20-17-7-5-6-8-18(17)22(2,3)21(27)25-20/h5-12,20,23H,4,13-14H2,1-3H3,(H,24,26)(H,25,27). The van der Waals surface area contributed by atoms with Crippen LogP contribution in [0.5, 0.6) is 0 Å². The van der Waals surface area contributed by atoms with Gasteiger partial charge in [0, 0.05) is 5.69 Å². The molecule has 142 valence electrons. The summed E-state index contributed by atoms with van der Waals surface area (Å²) in [5.74, 6) is -0.0418. The van der Waals surface area contributed by atoms with E-state index in [1.165, 1.54) is 0 Å². The first-order valence-corrected chi connectivity index (χ1v) is 9.44. The molecule has 0 fully saturated rings. The fraction of sp³-hybridized carbons (Fsp3) is 0.364. The van der Waals surface area contributed by atoms with Crippen LogP contribution in [0.25, 0.3) is 0 Å². The molecule has 0 saturated heterocycles. The van der Waals surface area contributed by atoms with Crippen LogP contribution >= 0.6 is 0 Å². The lowest BCUT2D eigenvalue weighted by Crippen LogP contribution is -2.47. The van der Waals surface area contributed by atoms with Crippen LogP contribution in [0.1, 0.15) is 49.9 Å². The van der Waals surface area contributed by atoms with Gasteiger partial charge in [-0.2, -0.15) is 0 Å². The van der Waals surface area contributed by atoms with Gasteiger partial charge in [-0.15, -0.1) is 0 Å². The van der Waals surface area contributed by atoms with Crippen molar-refractivity contribution in [3.63, 3.8) is 0 Å². The third kappa shape index (κ3) is 4.03. The monoisotopic (exact) mass is 365 g/mol. The first-order valence-electron chi connectivity index (χ1n) is 9.44. The largest absolute Gasteiger partial charge is 0.344 e. The maximum Gasteiger partial charge on any atom is 0.238 e. The highest BCUT2D eigenvalue weighted by Crippen LogP contribution is 2.38. The molecule has 1 aliphatic heterocycles. The van der Waals surface area contributed by atoms with Gasteiger partial charge in [-0.1, -0.05) is 43.3 Å². The number of carbonyl (C=O) groups excluding carboxylic acids is 2. The highest BCUT2D eigenvalue weighted by Gasteiger charge is 2.39. The molecule has 5 heteroatoms. The van der Waals surface area contributed by atoms with Crippen LogP contribution in [0.3, 0.4) is 0 Å². The molecule has 2 aromatic rings. The summed E-state index contributed by atoms with van der Waals surface area (Å²) in [7, 11) is 0. The number of anilines is 1. The van der Waals surface area contributed by atoms with Crippen molar-refractivity contribution in [1.29, 1.82) is 0 Å². The summed E-state index contributed by atoms with van der Waals surface area (Å²) in [6, 6.07) is 15.5. The Bertz CT molecular complexity index is 828. The predicted molar refractivity (Wildman–Crippen MR) is 108 cm³/mol. The maximum absolute atomic E-state index is 12.6. The lowest BCUT2D eigenvalue weighted by Gasteiger charge is -2.37. The van der Waals surface area contributed by atoms with E-state index in [1.807, 2.05) is 56.3 Å². The summed E-state index contributed by atoms with van der Waals surface area (Å²) in [6.45, 7) is 7.08. The molecule has 5 nitrogen and oxygen atoms in total. The van der Waals surface area contributed by atoms with Crippen molar-refractivity contribution in [2.24, 2.45) is 0 Å². The Morgan fingerprint density at radius 2 is 1.81 bits per heavy atom. The Labute approximate surface area is 160 Å². The fourth-order valence-corrected chi connectivity index (χ4v) is 3.44. The maximum atomic E-state index is 12.6. The third-order valence-electron chi connectivity index (χ3n) is 5.03. The molecule has 1 atom stereocenters. The minimum absolute atomic E-state index is 0.0191. The zero-order valence-electron chi connectivity index (χ0n) is 16.1. The number of carbonyl (C=O) groups is 2. The van der Waals surface area contributed by atoms with Crippen molar-refractivity contribution >= 4 is 17.5 Å². The topological polar surface area (TPSA) is 70.2 Å². The first kappa shape index (κ1) is 19.1. The van der Waals surface area contributed by atoms with Crippen LogP contribution in [0.2, 0.25) is 0 Å². The molecule has 0 bridgehead atoms. The van der Waals surface area contributed by atoms with E-state index < -0.39 is 5.41 Å². The highest BCUT2D eigenvalue weighted by atomic mass is 16.2. The zero-order chi connectivity index (χ0) is 19.4. The molecular formula is C22H27N3O2. The predicted octanol–water partition coefficient (Wildman–Crippen LogP) is 3.12. The number of rotatable bonds is 6. The van der Waals surface area contributed by atoms with Gasteiger partial charge in [0.2, 0.25) is 11.8 Å². The van der Waals surface area contributed by atoms with Crippen LogP contribution < -0.4 is 16.0 Å². The molecule has 0 aromatic heterocycles. The Hall–Kier alpha value is -2.66. The number of hydrogen-bond acceptors (Lipinski definition) is 3. The lowest BCUT2D eigenvalue weighted by molar-refractivity contribution is -0.127. The Morgan fingerprint density at radius 3 is 2.52 bits per heavy atom. The van der Waals surface area contributed by atoms with Gasteiger partial charge in [0.15, 0.2) is 0 Å². The van der Waals surface area contributed by atoms with Crippen molar-refractivity contribution in [3.8, 4) is 0 Å². The van der Waals surface area contributed by atoms with Crippen molar-refractivity contribution in [2.75, 3.05) is 18.4 Å². The molecule has 0 saturated carbocycles. The van der Waals surface area contributed by atoms with Crippen LogP contribution in [0, 0.1) is 0 Å². The summed E-state index contributed by atoms with van der Waals surface area (Å²) >= 11 is 0. The smallest absolute Gasteiger partial charge is 0.238 e. The molecule has 0 spiro atoms. The Balaban J connectivity index is 1.77. The SMILES string of the molecule is CCCNCC(=O)Nc1ccc(C2NC(=O)C(C)(C)c3ccccc32)cc1. The van der Waals surface area contributed by atoms with Crippen LogP contribution in [0.4, 0.5) is 5.69 Å². The molecule has 2 aromatic carbocycles. The minimum Gasteiger partial charge on any atom is -0.344 e. The fourth-order valence-electron chi connectivity index (χ4n) is 3.44. The van der Waals surface area contributed by atoms with E-state index in [1.54, 1.807) is 0 Å². The first-order chi connectivity index (χ1) is 12.9. The molecule has 0 aliphatic carbocycles. The van der Waals surface area contributed by atoms with E-state index in [0.29, 0.717) is 6.54 Å². The van der Waals surface area contributed by atoms with Gasteiger partial charge in [0.1, 0.15) is 0 Å². The molecule has 3 N–H and O–H groups in total. The summed E-state index contributed by atoms with van der Waals surface area (Å²) in [6.07, 6.45) is 0.993. The van der Waals surface area contributed by atoms with E-state index in [4.69, 9.17) is 0 Å². The molecule has 2 amide bonds. The Morgan fingerprint density at radius 1 is 1.11 bits per heavy atom. The summed E-state index contributed by atoms with van der Waals surface area (Å²) in [4.78, 5) is 24.5. The van der Waals surface area contributed by atoms with E-state index >= 15 is 0 Å². The summed E-state index contributed by atoms with van der Waals surface area (Å²) in [5.41, 5.74) is 3.36. The van der Waals surface area contributed by atoms with Crippen LogP contribution in [-0.4, -0.2) is 24.9 Å². The van der Waals surface area contributed by atoms with Crippen LogP contribution in [0.15, 0.2) is 48.5 Å². The number of hydrogen-bond donors (Lipinski definition) is 3. The average Bonchev–Trinajstić information content (AvgIpc) is 2.66. The van der Waals surface area contributed by atoms with E-state index in [9.17, 15) is 9.59 Å². The second-order valence-corrected chi connectivity index (χ2v) is 7.47. The Kier molecular flexibility index (Phi) is 5.61. The van der Waals surface area contributed by atoms with Crippen molar-refractivity contribution in [1.82, 2.24) is 10.6 Å². The van der Waals surface area contributed by atoms with Crippen LogP contribution in [-0.2, 0) is 15.0 Å². The zero-order valence-corrected chi connectivity index (χ0v) is 16.1. The summed E-state index contributed by atoms with van der Waals surface area (Å²) in [5, 5.41) is 9.10. The van der Waals surface area contributed by atoms with Gasteiger partial charge in [-0.05, 0) is 55.6 Å². The average molecular weight is 365 g/mol. The molecule has 27 heavy (non-hydrogen) atoms. The van der Waals surface area contributed by atoms with Gasteiger partial charge in [-0.25, -0.2) is 0 Å². The second kappa shape index (κ2) is 7.92. The van der Waals surface area contributed by atoms with Gasteiger partial charge in [0.25, 0.3) is 0 Å². The van der Waals surface area contributed by atoms with Crippen molar-refractivity contribution in [3.05, 3.63) is 65.2 Å². The van der Waals surface area contributed by atoms with E-state index in [0.717, 1.165) is 35.3 Å². The van der Waals surface area contributed by atoms with Gasteiger partial charge in [-0.3, -0.25) is 9.59 Å². The number of fused-ring (bicyclic) bond motifs is 1. The van der Waals surface area contributed by atoms with E-state index in [2.05, 4.69) is 28.9 Å². The third-order valence-corrected chi connectivity index (χ3v) is 5.03. The minimum atomic E-state index is -0.549. The normalized spacial score (nSPS) is 17.7. The van der Waals surface area contributed by atoms with E-state index in [-0.39, 0.29) is 17.9 Å². The molecule has 3 rings (SSSR count).